The standard InChI is InChI=1S/C18H12FN3O2S/c1-24-13-8-6-11(7-9-13)16-20-18-22(21-16)17(23)15(25-18)10-12-4-2-3-5-14(12)19/h2-10H,1H3/b15-10-. The van der Waals surface area contributed by atoms with Gasteiger partial charge in [-0.05, 0) is 36.4 Å². The summed E-state index contributed by atoms with van der Waals surface area (Å²) < 4.78 is 20.5. The van der Waals surface area contributed by atoms with Gasteiger partial charge < -0.3 is 4.74 Å². The maximum absolute atomic E-state index is 13.8. The monoisotopic (exact) mass is 353 g/mol. The predicted octanol–water partition coefficient (Wildman–Crippen LogP) is 2.51. The van der Waals surface area contributed by atoms with E-state index in [0.717, 1.165) is 11.3 Å². The smallest absolute Gasteiger partial charge is 0.291 e. The Balaban J connectivity index is 1.79. The average Bonchev–Trinajstić information content (AvgIpc) is 3.17. The molecule has 5 nitrogen and oxygen atoms in total. The van der Waals surface area contributed by atoms with Crippen LogP contribution in [0, 0.1) is 5.82 Å². The highest BCUT2D eigenvalue weighted by Crippen LogP contribution is 2.20. The van der Waals surface area contributed by atoms with Gasteiger partial charge in [0.2, 0.25) is 4.96 Å². The highest BCUT2D eigenvalue weighted by molar-refractivity contribution is 7.15. The lowest BCUT2D eigenvalue weighted by Crippen LogP contribution is -2.23. The van der Waals surface area contributed by atoms with Crippen LogP contribution in [0.5, 0.6) is 5.75 Å². The maximum atomic E-state index is 13.8. The number of thiazole rings is 1. The molecule has 7 heteroatoms. The number of nitrogens with zero attached hydrogens (tertiary/aromatic N) is 3. The Kier molecular flexibility index (Phi) is 3.77. The van der Waals surface area contributed by atoms with Gasteiger partial charge in [-0.2, -0.15) is 9.50 Å². The van der Waals surface area contributed by atoms with Crippen molar-refractivity contribution in [3.8, 4) is 17.1 Å². The van der Waals surface area contributed by atoms with Gasteiger partial charge in [0, 0.05) is 11.1 Å². The van der Waals surface area contributed by atoms with Gasteiger partial charge in [0.1, 0.15) is 11.6 Å². The summed E-state index contributed by atoms with van der Waals surface area (Å²) >= 11 is 1.18. The minimum atomic E-state index is -0.375. The van der Waals surface area contributed by atoms with Gasteiger partial charge >= 0.3 is 0 Å². The first-order chi connectivity index (χ1) is 12.2. The third-order valence-electron chi connectivity index (χ3n) is 3.72. The Hall–Kier alpha value is -3.06. The minimum Gasteiger partial charge on any atom is -0.497 e. The fourth-order valence-electron chi connectivity index (χ4n) is 2.43. The largest absolute Gasteiger partial charge is 0.497 e. The fraction of sp³-hybridized carbons (Fsp3) is 0.0556. The molecule has 2 heterocycles. The Bertz CT molecular complexity index is 1170. The second-order valence-corrected chi connectivity index (χ2v) is 6.30. The number of hydrogen-bond donors (Lipinski definition) is 0. The third kappa shape index (κ3) is 2.78. The lowest BCUT2D eigenvalue weighted by atomic mass is 10.2. The lowest BCUT2D eigenvalue weighted by Gasteiger charge is -1.99. The number of benzene rings is 2. The molecule has 0 aliphatic carbocycles. The number of halogens is 1. The summed E-state index contributed by atoms with van der Waals surface area (Å²) in [6.07, 6.45) is 1.52. The van der Waals surface area contributed by atoms with Crippen LogP contribution < -0.4 is 14.8 Å². The molecule has 0 amide bonds. The Morgan fingerprint density at radius 1 is 1.16 bits per heavy atom. The number of hydrogen-bond acceptors (Lipinski definition) is 5. The van der Waals surface area contributed by atoms with Crippen molar-refractivity contribution in [3.63, 3.8) is 0 Å². The molecule has 0 spiro atoms. The van der Waals surface area contributed by atoms with Gasteiger partial charge in [0.15, 0.2) is 5.82 Å². The molecule has 0 aliphatic rings. The lowest BCUT2D eigenvalue weighted by molar-refractivity contribution is 0.415. The summed E-state index contributed by atoms with van der Waals surface area (Å²) in [7, 11) is 1.59. The predicted molar refractivity (Wildman–Crippen MR) is 94.3 cm³/mol. The molecule has 0 saturated carbocycles. The van der Waals surface area contributed by atoms with E-state index < -0.39 is 0 Å². The zero-order chi connectivity index (χ0) is 17.4. The van der Waals surface area contributed by atoms with Crippen molar-refractivity contribution < 1.29 is 9.13 Å². The second-order valence-electron chi connectivity index (χ2n) is 5.30. The zero-order valence-corrected chi connectivity index (χ0v) is 14.0. The molecule has 0 radical (unpaired) electrons. The van der Waals surface area contributed by atoms with Crippen LogP contribution in [0.15, 0.2) is 53.3 Å². The first kappa shape index (κ1) is 15.5. The van der Waals surface area contributed by atoms with Crippen LogP contribution in [0.2, 0.25) is 0 Å². The number of ether oxygens (including phenoxy) is 1. The van der Waals surface area contributed by atoms with Crippen molar-refractivity contribution in [2.75, 3.05) is 7.11 Å². The molecule has 4 rings (SSSR count). The molecule has 0 fully saturated rings. The molecule has 0 bridgehead atoms. The summed E-state index contributed by atoms with van der Waals surface area (Å²) in [5.74, 6) is 0.819. The number of rotatable bonds is 3. The number of fused-ring (bicyclic) bond motifs is 1. The van der Waals surface area contributed by atoms with Crippen LogP contribution in [0.1, 0.15) is 5.56 Å². The molecule has 2 aromatic heterocycles. The molecule has 0 N–H and O–H groups in total. The van der Waals surface area contributed by atoms with Crippen molar-refractivity contribution in [1.29, 1.82) is 0 Å². The van der Waals surface area contributed by atoms with E-state index >= 15 is 0 Å². The maximum Gasteiger partial charge on any atom is 0.291 e. The van der Waals surface area contributed by atoms with E-state index in [0.29, 0.717) is 20.9 Å². The molecule has 124 valence electrons. The quantitative estimate of drug-likeness (QED) is 0.568. The molecule has 0 unspecified atom stereocenters. The fourth-order valence-corrected chi connectivity index (χ4v) is 3.33. The molecule has 25 heavy (non-hydrogen) atoms. The number of aromatic nitrogens is 3. The van der Waals surface area contributed by atoms with Gasteiger partial charge in [-0.3, -0.25) is 4.79 Å². The van der Waals surface area contributed by atoms with E-state index in [9.17, 15) is 9.18 Å². The van der Waals surface area contributed by atoms with Crippen molar-refractivity contribution >= 4 is 22.4 Å². The molecular formula is C18H12FN3O2S. The Labute approximate surface area is 145 Å². The highest BCUT2D eigenvalue weighted by atomic mass is 32.1. The molecule has 2 aromatic carbocycles. The van der Waals surface area contributed by atoms with Crippen LogP contribution in [0.3, 0.4) is 0 Å². The van der Waals surface area contributed by atoms with Crippen LogP contribution in [0.4, 0.5) is 4.39 Å². The van der Waals surface area contributed by atoms with E-state index in [4.69, 9.17) is 4.74 Å². The molecule has 0 atom stereocenters. The van der Waals surface area contributed by atoms with Crippen LogP contribution in [0.25, 0.3) is 22.4 Å². The van der Waals surface area contributed by atoms with Crippen molar-refractivity contribution in [2.24, 2.45) is 0 Å². The highest BCUT2D eigenvalue weighted by Gasteiger charge is 2.12. The third-order valence-corrected chi connectivity index (χ3v) is 4.68. The first-order valence-corrected chi connectivity index (χ1v) is 8.27. The van der Waals surface area contributed by atoms with Gasteiger partial charge in [0.05, 0.1) is 11.6 Å². The minimum absolute atomic E-state index is 0.310. The van der Waals surface area contributed by atoms with E-state index in [2.05, 4.69) is 10.1 Å². The molecule has 0 aliphatic heterocycles. The Morgan fingerprint density at radius 2 is 1.92 bits per heavy atom. The summed E-state index contributed by atoms with van der Waals surface area (Å²) in [4.78, 5) is 17.4. The number of methoxy groups -OCH3 is 1. The second kappa shape index (κ2) is 6.10. The summed E-state index contributed by atoms with van der Waals surface area (Å²) in [5.41, 5.74) is 0.839. The SMILES string of the molecule is COc1ccc(-c2nc3s/c(=C\c4ccccc4F)c(=O)n3n2)cc1. The molecular weight excluding hydrogens is 341 g/mol. The van der Waals surface area contributed by atoms with Crippen molar-refractivity contribution in [3.05, 3.63) is 74.8 Å². The zero-order valence-electron chi connectivity index (χ0n) is 13.1. The molecule has 0 saturated heterocycles. The van der Waals surface area contributed by atoms with Crippen molar-refractivity contribution in [2.45, 2.75) is 0 Å². The van der Waals surface area contributed by atoms with Gasteiger partial charge in [-0.1, -0.05) is 29.5 Å². The van der Waals surface area contributed by atoms with Gasteiger partial charge in [-0.25, -0.2) is 4.39 Å². The van der Waals surface area contributed by atoms with E-state index in [1.807, 2.05) is 12.1 Å². The molecule has 4 aromatic rings. The van der Waals surface area contributed by atoms with Crippen LogP contribution >= 0.6 is 11.3 Å². The first-order valence-electron chi connectivity index (χ1n) is 7.46. The topological polar surface area (TPSA) is 56.5 Å². The van der Waals surface area contributed by atoms with E-state index in [1.165, 1.54) is 28.0 Å². The van der Waals surface area contributed by atoms with Gasteiger partial charge in [0.25, 0.3) is 5.56 Å². The normalized spacial score (nSPS) is 12.0. The average molecular weight is 353 g/mol. The summed E-state index contributed by atoms with van der Waals surface area (Å²) in [6, 6.07) is 13.6. The van der Waals surface area contributed by atoms with Crippen LogP contribution in [-0.2, 0) is 0 Å². The summed E-state index contributed by atoms with van der Waals surface area (Å²) in [5, 5.41) is 4.27. The Morgan fingerprint density at radius 3 is 2.60 bits per heavy atom. The van der Waals surface area contributed by atoms with Crippen LogP contribution in [-0.4, -0.2) is 21.7 Å². The van der Waals surface area contributed by atoms with Crippen molar-refractivity contribution in [1.82, 2.24) is 14.6 Å². The van der Waals surface area contributed by atoms with E-state index in [-0.39, 0.29) is 11.4 Å². The van der Waals surface area contributed by atoms with Gasteiger partial charge in [-0.15, -0.1) is 5.10 Å². The summed E-state index contributed by atoms with van der Waals surface area (Å²) in [6.45, 7) is 0. The van der Waals surface area contributed by atoms with E-state index in [1.54, 1.807) is 37.4 Å².